The van der Waals surface area contributed by atoms with Gasteiger partial charge in [-0.25, -0.2) is 0 Å². The molecule has 10 heteroatoms. The van der Waals surface area contributed by atoms with Crippen LogP contribution in [0.15, 0.2) is 48.5 Å². The van der Waals surface area contributed by atoms with E-state index < -0.39 is 0 Å². The Balaban J connectivity index is 1.01. The van der Waals surface area contributed by atoms with Crippen LogP contribution in [-0.4, -0.2) is 87.8 Å². The van der Waals surface area contributed by atoms with Gasteiger partial charge in [-0.15, -0.1) is 10.2 Å². The van der Waals surface area contributed by atoms with Crippen LogP contribution in [0.2, 0.25) is 5.02 Å². The van der Waals surface area contributed by atoms with Crippen molar-refractivity contribution in [3.63, 3.8) is 0 Å². The van der Waals surface area contributed by atoms with E-state index in [0.717, 1.165) is 74.9 Å². The number of hydrogen-bond donors (Lipinski definition) is 1. The Morgan fingerprint density at radius 1 is 0.972 bits per heavy atom. The molecule has 2 aliphatic rings. The van der Waals surface area contributed by atoms with Gasteiger partial charge in [0.1, 0.15) is 0 Å². The maximum atomic E-state index is 12.8. The highest BCUT2D eigenvalue weighted by atomic mass is 35.5. The van der Waals surface area contributed by atoms with Crippen molar-refractivity contribution < 1.29 is 4.79 Å². The normalized spacial score (nSPS) is 17.4. The van der Waals surface area contributed by atoms with Crippen LogP contribution < -0.4 is 10.2 Å². The lowest BCUT2D eigenvalue weighted by Gasteiger charge is -2.37. The van der Waals surface area contributed by atoms with Gasteiger partial charge < -0.3 is 15.1 Å². The molecule has 2 aromatic carbocycles. The number of anilines is 2. The molecule has 0 spiro atoms. The standard InChI is InChI=1S/C26H33ClN8O/c1-32-30-26(29-31-32)20-2-6-22(7-3-20)28-23-10-14-35(15-11-23)25(36)12-13-33-16-18-34(19-17-33)24-8-4-21(27)5-9-24/h2-9,23,28H,10-19H2,1H3. The molecule has 36 heavy (non-hydrogen) atoms. The topological polar surface area (TPSA) is 82.4 Å². The molecule has 0 saturated carbocycles. The predicted molar refractivity (Wildman–Crippen MR) is 142 cm³/mol. The number of tetrazole rings is 1. The number of halogens is 1. The van der Waals surface area contributed by atoms with Crippen LogP contribution in [0.25, 0.3) is 11.4 Å². The van der Waals surface area contributed by atoms with Gasteiger partial charge in [0.25, 0.3) is 0 Å². The van der Waals surface area contributed by atoms with Gasteiger partial charge in [0, 0.05) is 80.2 Å². The van der Waals surface area contributed by atoms with Crippen LogP contribution in [0.5, 0.6) is 0 Å². The molecule has 2 saturated heterocycles. The number of piperazine rings is 1. The van der Waals surface area contributed by atoms with E-state index in [-0.39, 0.29) is 5.91 Å². The van der Waals surface area contributed by atoms with Gasteiger partial charge >= 0.3 is 0 Å². The molecule has 0 aliphatic carbocycles. The smallest absolute Gasteiger partial charge is 0.223 e. The molecule has 0 atom stereocenters. The lowest BCUT2D eigenvalue weighted by Crippen LogP contribution is -2.48. The molecule has 2 aliphatic heterocycles. The zero-order valence-corrected chi connectivity index (χ0v) is 21.4. The first-order valence-corrected chi connectivity index (χ1v) is 13.0. The second-order valence-electron chi connectivity index (χ2n) is 9.53. The van der Waals surface area contributed by atoms with Crippen molar-refractivity contribution in [1.82, 2.24) is 30.0 Å². The Labute approximate surface area is 217 Å². The molecule has 190 valence electrons. The lowest BCUT2D eigenvalue weighted by molar-refractivity contribution is -0.132. The van der Waals surface area contributed by atoms with Crippen molar-refractivity contribution in [3.05, 3.63) is 53.6 Å². The number of nitrogens with one attached hydrogen (secondary N) is 1. The summed E-state index contributed by atoms with van der Waals surface area (Å²) in [5, 5.41) is 16.6. The third-order valence-corrected chi connectivity index (χ3v) is 7.33. The molecule has 1 amide bonds. The Morgan fingerprint density at radius 3 is 2.31 bits per heavy atom. The average molecular weight is 509 g/mol. The van der Waals surface area contributed by atoms with E-state index >= 15 is 0 Å². The molecular formula is C26H33ClN8O. The van der Waals surface area contributed by atoms with E-state index in [0.29, 0.717) is 18.3 Å². The van der Waals surface area contributed by atoms with Crippen LogP contribution in [0.3, 0.4) is 0 Å². The molecule has 3 heterocycles. The largest absolute Gasteiger partial charge is 0.382 e. The zero-order valence-electron chi connectivity index (χ0n) is 20.7. The summed E-state index contributed by atoms with van der Waals surface area (Å²) < 4.78 is 0. The van der Waals surface area contributed by atoms with Gasteiger partial charge in [-0.05, 0) is 66.6 Å². The number of hydrogen-bond acceptors (Lipinski definition) is 7. The number of aromatic nitrogens is 4. The van der Waals surface area contributed by atoms with E-state index in [1.165, 1.54) is 10.5 Å². The Kier molecular flexibility index (Phi) is 7.67. The van der Waals surface area contributed by atoms with Crippen molar-refractivity contribution in [2.75, 3.05) is 56.0 Å². The molecule has 9 nitrogen and oxygen atoms in total. The van der Waals surface area contributed by atoms with Gasteiger partial charge in [0.2, 0.25) is 11.7 Å². The second-order valence-corrected chi connectivity index (χ2v) is 9.97. The fraction of sp³-hybridized carbons (Fsp3) is 0.462. The van der Waals surface area contributed by atoms with Gasteiger partial charge in [-0.1, -0.05) is 11.6 Å². The van der Waals surface area contributed by atoms with E-state index in [1.807, 2.05) is 29.2 Å². The van der Waals surface area contributed by atoms with Gasteiger partial charge in [-0.2, -0.15) is 4.80 Å². The summed E-state index contributed by atoms with van der Waals surface area (Å²) >= 11 is 6.01. The summed E-state index contributed by atoms with van der Waals surface area (Å²) in [7, 11) is 1.76. The zero-order chi connectivity index (χ0) is 24.9. The molecule has 0 radical (unpaired) electrons. The summed E-state index contributed by atoms with van der Waals surface area (Å²) in [5.41, 5.74) is 3.23. The number of aryl methyl sites for hydroxylation is 1. The van der Waals surface area contributed by atoms with E-state index in [2.05, 4.69) is 54.8 Å². The number of carbonyl (C=O) groups excluding carboxylic acids is 1. The van der Waals surface area contributed by atoms with Crippen LogP contribution in [0.4, 0.5) is 11.4 Å². The molecule has 0 bridgehead atoms. The number of benzene rings is 2. The highest BCUT2D eigenvalue weighted by Crippen LogP contribution is 2.22. The molecule has 3 aromatic rings. The van der Waals surface area contributed by atoms with Crippen molar-refractivity contribution in [1.29, 1.82) is 0 Å². The number of rotatable bonds is 7. The summed E-state index contributed by atoms with van der Waals surface area (Å²) in [6, 6.07) is 16.5. The summed E-state index contributed by atoms with van der Waals surface area (Å²) in [4.78, 5) is 21.1. The molecule has 5 rings (SSSR count). The van der Waals surface area contributed by atoms with Crippen molar-refractivity contribution >= 4 is 28.9 Å². The maximum Gasteiger partial charge on any atom is 0.223 e. The first-order chi connectivity index (χ1) is 17.5. The van der Waals surface area contributed by atoms with Crippen molar-refractivity contribution in [2.24, 2.45) is 7.05 Å². The van der Waals surface area contributed by atoms with Crippen LogP contribution >= 0.6 is 11.6 Å². The van der Waals surface area contributed by atoms with Crippen molar-refractivity contribution in [2.45, 2.75) is 25.3 Å². The van der Waals surface area contributed by atoms with Crippen molar-refractivity contribution in [3.8, 4) is 11.4 Å². The molecule has 2 fully saturated rings. The van der Waals surface area contributed by atoms with Crippen LogP contribution in [0, 0.1) is 0 Å². The average Bonchev–Trinajstić information content (AvgIpc) is 3.35. The number of nitrogens with zero attached hydrogens (tertiary/aromatic N) is 7. The molecular weight excluding hydrogens is 476 g/mol. The minimum atomic E-state index is 0.273. The fourth-order valence-corrected chi connectivity index (χ4v) is 5.04. The number of amides is 1. The van der Waals surface area contributed by atoms with E-state index in [9.17, 15) is 4.79 Å². The lowest BCUT2D eigenvalue weighted by atomic mass is 10.0. The monoisotopic (exact) mass is 508 g/mol. The maximum absolute atomic E-state index is 12.8. The Bertz CT molecular complexity index is 1130. The minimum Gasteiger partial charge on any atom is -0.382 e. The van der Waals surface area contributed by atoms with Crippen LogP contribution in [0.1, 0.15) is 19.3 Å². The number of carbonyl (C=O) groups is 1. The first-order valence-electron chi connectivity index (χ1n) is 12.6. The minimum absolute atomic E-state index is 0.273. The first kappa shape index (κ1) is 24.5. The van der Waals surface area contributed by atoms with Gasteiger partial charge in [-0.3, -0.25) is 9.69 Å². The quantitative estimate of drug-likeness (QED) is 0.525. The van der Waals surface area contributed by atoms with E-state index in [4.69, 9.17) is 11.6 Å². The predicted octanol–water partition coefficient (Wildman–Crippen LogP) is 3.15. The number of likely N-dealkylation sites (tertiary alicyclic amines) is 1. The fourth-order valence-electron chi connectivity index (χ4n) is 4.92. The van der Waals surface area contributed by atoms with E-state index in [1.54, 1.807) is 7.05 Å². The second kappa shape index (κ2) is 11.3. The SMILES string of the molecule is Cn1nnc(-c2ccc(NC3CCN(C(=O)CCN4CCN(c5ccc(Cl)cc5)CC4)CC3)cc2)n1. The summed E-state index contributed by atoms with van der Waals surface area (Å²) in [5.74, 6) is 0.897. The Hall–Kier alpha value is -3.17. The summed E-state index contributed by atoms with van der Waals surface area (Å²) in [6.45, 7) is 6.36. The summed E-state index contributed by atoms with van der Waals surface area (Å²) in [6.07, 6.45) is 2.51. The van der Waals surface area contributed by atoms with Crippen LogP contribution in [-0.2, 0) is 11.8 Å². The van der Waals surface area contributed by atoms with Gasteiger partial charge in [0.05, 0.1) is 7.05 Å². The number of piperidine rings is 1. The third kappa shape index (κ3) is 6.14. The highest BCUT2D eigenvalue weighted by Gasteiger charge is 2.24. The Morgan fingerprint density at radius 2 is 1.67 bits per heavy atom. The molecule has 1 N–H and O–H groups in total. The van der Waals surface area contributed by atoms with Gasteiger partial charge in [0.15, 0.2) is 0 Å². The third-order valence-electron chi connectivity index (χ3n) is 7.08. The highest BCUT2D eigenvalue weighted by molar-refractivity contribution is 6.30. The molecule has 1 aromatic heterocycles. The molecule has 0 unspecified atom stereocenters.